The predicted molar refractivity (Wildman–Crippen MR) is 70.5 cm³/mol. The number of nitrogen functional groups attached to an aromatic ring is 1. The van der Waals surface area contributed by atoms with E-state index in [0.29, 0.717) is 6.61 Å². The number of nitrogens with two attached hydrogens (primary N) is 1. The molecule has 0 spiro atoms. The zero-order valence-electron chi connectivity index (χ0n) is 9.97. The molecule has 0 aliphatic rings. The predicted octanol–water partition coefficient (Wildman–Crippen LogP) is 3.55. The summed E-state index contributed by atoms with van der Waals surface area (Å²) in [5.41, 5.74) is 8.77. The highest BCUT2D eigenvalue weighted by atomic mass is 16.5. The molecule has 2 aromatic rings. The molecule has 0 unspecified atom stereocenters. The van der Waals surface area contributed by atoms with Crippen molar-refractivity contribution in [1.82, 2.24) is 0 Å². The summed E-state index contributed by atoms with van der Waals surface area (Å²) in [6, 6.07) is 18.0. The van der Waals surface area contributed by atoms with E-state index in [-0.39, 0.29) is 6.10 Å². The molecule has 0 heterocycles. The van der Waals surface area contributed by atoms with Crippen LogP contribution in [0.1, 0.15) is 24.2 Å². The zero-order valence-corrected chi connectivity index (χ0v) is 9.97. The van der Waals surface area contributed by atoms with Crippen molar-refractivity contribution in [1.29, 1.82) is 0 Å². The fourth-order valence-corrected chi connectivity index (χ4v) is 1.66. The molecular weight excluding hydrogens is 210 g/mol. The first kappa shape index (κ1) is 11.7. The van der Waals surface area contributed by atoms with Crippen molar-refractivity contribution < 1.29 is 4.74 Å². The van der Waals surface area contributed by atoms with Crippen LogP contribution < -0.4 is 5.73 Å². The first-order valence-electron chi connectivity index (χ1n) is 5.76. The number of anilines is 1. The molecule has 2 N–H and O–H groups in total. The Balaban J connectivity index is 1.93. The third kappa shape index (κ3) is 3.33. The summed E-state index contributed by atoms with van der Waals surface area (Å²) in [5.74, 6) is 0. The van der Waals surface area contributed by atoms with Gasteiger partial charge in [0, 0.05) is 5.69 Å². The van der Waals surface area contributed by atoms with Crippen molar-refractivity contribution in [3.63, 3.8) is 0 Å². The zero-order chi connectivity index (χ0) is 12.1. The molecule has 0 aliphatic carbocycles. The Hall–Kier alpha value is -1.80. The molecule has 0 fully saturated rings. The summed E-state index contributed by atoms with van der Waals surface area (Å²) in [6.07, 6.45) is 0.0795. The van der Waals surface area contributed by atoms with Crippen molar-refractivity contribution in [2.75, 3.05) is 5.73 Å². The van der Waals surface area contributed by atoms with Gasteiger partial charge in [-0.05, 0) is 30.2 Å². The van der Waals surface area contributed by atoms with Crippen LogP contribution >= 0.6 is 0 Å². The largest absolute Gasteiger partial charge is 0.399 e. The number of ether oxygens (including phenoxy) is 1. The number of hydrogen-bond acceptors (Lipinski definition) is 2. The normalized spacial score (nSPS) is 12.3. The molecule has 0 bridgehead atoms. The molecule has 17 heavy (non-hydrogen) atoms. The Morgan fingerprint density at radius 1 is 1.00 bits per heavy atom. The lowest BCUT2D eigenvalue weighted by atomic mass is 10.1. The summed E-state index contributed by atoms with van der Waals surface area (Å²) in [7, 11) is 0. The van der Waals surface area contributed by atoms with Gasteiger partial charge in [0.2, 0.25) is 0 Å². The fourth-order valence-electron chi connectivity index (χ4n) is 1.66. The lowest BCUT2D eigenvalue weighted by Gasteiger charge is -2.13. The van der Waals surface area contributed by atoms with Crippen LogP contribution in [0.2, 0.25) is 0 Å². The summed E-state index contributed by atoms with van der Waals surface area (Å²) >= 11 is 0. The average Bonchev–Trinajstić information content (AvgIpc) is 2.38. The Morgan fingerprint density at radius 2 is 1.65 bits per heavy atom. The van der Waals surface area contributed by atoms with Crippen molar-refractivity contribution in [3.05, 3.63) is 65.7 Å². The van der Waals surface area contributed by atoms with Gasteiger partial charge in [-0.15, -0.1) is 0 Å². The molecule has 2 aromatic carbocycles. The maximum Gasteiger partial charge on any atom is 0.0801 e. The van der Waals surface area contributed by atoms with Gasteiger partial charge in [-0.2, -0.15) is 0 Å². The monoisotopic (exact) mass is 227 g/mol. The van der Waals surface area contributed by atoms with Gasteiger partial charge in [-0.1, -0.05) is 42.5 Å². The van der Waals surface area contributed by atoms with Crippen LogP contribution in [-0.2, 0) is 11.3 Å². The second-order valence-electron chi connectivity index (χ2n) is 4.11. The molecule has 0 saturated carbocycles. The van der Waals surface area contributed by atoms with E-state index in [4.69, 9.17) is 10.5 Å². The molecule has 0 radical (unpaired) electrons. The van der Waals surface area contributed by atoms with Gasteiger partial charge < -0.3 is 10.5 Å². The number of benzene rings is 2. The van der Waals surface area contributed by atoms with E-state index in [2.05, 4.69) is 19.1 Å². The molecule has 88 valence electrons. The minimum atomic E-state index is 0.0795. The van der Waals surface area contributed by atoms with Crippen LogP contribution in [0.25, 0.3) is 0 Å². The number of hydrogen-bond donors (Lipinski definition) is 1. The van der Waals surface area contributed by atoms with Crippen molar-refractivity contribution in [3.8, 4) is 0 Å². The molecule has 2 rings (SSSR count). The fraction of sp³-hybridized carbons (Fsp3) is 0.200. The Morgan fingerprint density at radius 3 is 2.29 bits per heavy atom. The number of rotatable bonds is 4. The van der Waals surface area contributed by atoms with E-state index in [1.54, 1.807) is 0 Å². The minimum absolute atomic E-state index is 0.0795. The third-order valence-corrected chi connectivity index (χ3v) is 2.75. The minimum Gasteiger partial charge on any atom is -0.399 e. The summed E-state index contributed by atoms with van der Waals surface area (Å²) in [5, 5.41) is 0. The van der Waals surface area contributed by atoms with Crippen molar-refractivity contribution >= 4 is 5.69 Å². The second kappa shape index (κ2) is 5.51. The first-order chi connectivity index (χ1) is 8.25. The highest BCUT2D eigenvalue weighted by Gasteiger charge is 2.05. The summed E-state index contributed by atoms with van der Waals surface area (Å²) < 4.78 is 5.81. The molecule has 2 heteroatoms. The molecule has 2 nitrogen and oxygen atoms in total. The van der Waals surface area contributed by atoms with E-state index < -0.39 is 0 Å². The highest BCUT2D eigenvalue weighted by molar-refractivity contribution is 5.39. The summed E-state index contributed by atoms with van der Waals surface area (Å²) in [4.78, 5) is 0. The molecule has 0 aliphatic heterocycles. The molecule has 0 saturated heterocycles. The van der Waals surface area contributed by atoms with Gasteiger partial charge >= 0.3 is 0 Å². The molecular formula is C15H17NO. The van der Waals surface area contributed by atoms with Crippen LogP contribution in [0.5, 0.6) is 0 Å². The Bertz CT molecular complexity index is 450. The van der Waals surface area contributed by atoms with Crippen LogP contribution in [0, 0.1) is 0 Å². The smallest absolute Gasteiger partial charge is 0.0801 e. The van der Waals surface area contributed by atoms with Crippen molar-refractivity contribution in [2.45, 2.75) is 19.6 Å². The standard InChI is InChI=1S/C15H17NO/c1-12(14-7-9-15(16)10-8-14)17-11-13-5-3-2-4-6-13/h2-10,12H,11,16H2,1H3/t12-/m0/s1. The van der Waals surface area contributed by atoms with Crippen LogP contribution in [0.15, 0.2) is 54.6 Å². The molecule has 0 aromatic heterocycles. The maximum atomic E-state index is 5.81. The Kier molecular flexibility index (Phi) is 3.78. The Labute approximate surface area is 102 Å². The quantitative estimate of drug-likeness (QED) is 0.811. The topological polar surface area (TPSA) is 35.2 Å². The van der Waals surface area contributed by atoms with E-state index >= 15 is 0 Å². The lowest BCUT2D eigenvalue weighted by Crippen LogP contribution is -2.00. The van der Waals surface area contributed by atoms with Crippen LogP contribution in [-0.4, -0.2) is 0 Å². The van der Waals surface area contributed by atoms with Crippen molar-refractivity contribution in [2.24, 2.45) is 0 Å². The van der Waals surface area contributed by atoms with E-state index in [1.165, 1.54) is 5.56 Å². The maximum absolute atomic E-state index is 5.81. The lowest BCUT2D eigenvalue weighted by molar-refractivity contribution is 0.0526. The summed E-state index contributed by atoms with van der Waals surface area (Å²) in [6.45, 7) is 2.68. The van der Waals surface area contributed by atoms with Crippen LogP contribution in [0.4, 0.5) is 5.69 Å². The van der Waals surface area contributed by atoms with E-state index in [0.717, 1.165) is 11.3 Å². The van der Waals surface area contributed by atoms with Gasteiger partial charge in [-0.25, -0.2) is 0 Å². The first-order valence-corrected chi connectivity index (χ1v) is 5.76. The van der Waals surface area contributed by atoms with Gasteiger partial charge in [0.15, 0.2) is 0 Å². The van der Waals surface area contributed by atoms with E-state index in [9.17, 15) is 0 Å². The van der Waals surface area contributed by atoms with Gasteiger partial charge in [-0.3, -0.25) is 0 Å². The highest BCUT2D eigenvalue weighted by Crippen LogP contribution is 2.19. The van der Waals surface area contributed by atoms with Gasteiger partial charge in [0.05, 0.1) is 12.7 Å². The third-order valence-electron chi connectivity index (χ3n) is 2.75. The molecule has 0 amide bonds. The molecule has 1 atom stereocenters. The average molecular weight is 227 g/mol. The second-order valence-corrected chi connectivity index (χ2v) is 4.11. The van der Waals surface area contributed by atoms with Crippen LogP contribution in [0.3, 0.4) is 0 Å². The van der Waals surface area contributed by atoms with E-state index in [1.807, 2.05) is 42.5 Å². The SMILES string of the molecule is C[C@H](OCc1ccccc1)c1ccc(N)cc1. The van der Waals surface area contributed by atoms with Gasteiger partial charge in [0.25, 0.3) is 0 Å². The van der Waals surface area contributed by atoms with Gasteiger partial charge in [0.1, 0.15) is 0 Å².